The van der Waals surface area contributed by atoms with Gasteiger partial charge in [-0.3, -0.25) is 4.79 Å². The molecule has 1 amide bonds. The highest BCUT2D eigenvalue weighted by Gasteiger charge is 2.37. The minimum Gasteiger partial charge on any atom is -0.493 e. The molecule has 4 nitrogen and oxygen atoms in total. The van der Waals surface area contributed by atoms with Gasteiger partial charge in [-0.2, -0.15) is 26.3 Å². The van der Waals surface area contributed by atoms with Crippen LogP contribution in [-0.2, 0) is 17.1 Å². The molecule has 0 atom stereocenters. The van der Waals surface area contributed by atoms with Gasteiger partial charge in [0.05, 0.1) is 29.8 Å². The average molecular weight is 475 g/mol. The predicted octanol–water partition coefficient (Wildman–Crippen LogP) is 5.81. The topological polar surface area (TPSA) is 38.8 Å². The van der Waals surface area contributed by atoms with E-state index >= 15 is 0 Å². The molecule has 2 aromatic carbocycles. The monoisotopic (exact) mass is 475 g/mol. The van der Waals surface area contributed by atoms with Crippen LogP contribution >= 0.6 is 0 Å². The summed E-state index contributed by atoms with van der Waals surface area (Å²) in [7, 11) is 0. The van der Waals surface area contributed by atoms with Crippen molar-refractivity contribution in [2.45, 2.75) is 31.6 Å². The van der Waals surface area contributed by atoms with Crippen LogP contribution in [-0.4, -0.2) is 37.6 Å². The lowest BCUT2D eigenvalue weighted by molar-refractivity contribution is -0.138. The number of hydrogen-bond donors (Lipinski definition) is 0. The first-order valence-electron chi connectivity index (χ1n) is 10.3. The second-order valence-electron chi connectivity index (χ2n) is 8.15. The fourth-order valence-electron chi connectivity index (χ4n) is 3.72. The molecule has 0 radical (unpaired) electrons. The Kier molecular flexibility index (Phi) is 7.44. The Labute approximate surface area is 187 Å². The van der Waals surface area contributed by atoms with Gasteiger partial charge in [-0.05, 0) is 61.4 Å². The van der Waals surface area contributed by atoms with E-state index in [9.17, 15) is 31.1 Å². The van der Waals surface area contributed by atoms with Gasteiger partial charge in [-0.25, -0.2) is 0 Å². The maximum atomic E-state index is 12.8. The van der Waals surface area contributed by atoms with Gasteiger partial charge in [-0.15, -0.1) is 0 Å². The molecule has 0 aliphatic carbocycles. The summed E-state index contributed by atoms with van der Waals surface area (Å²) in [6, 6.07) is 8.58. The Morgan fingerprint density at radius 1 is 0.788 bits per heavy atom. The molecule has 1 fully saturated rings. The van der Waals surface area contributed by atoms with Crippen molar-refractivity contribution >= 4 is 6.41 Å². The lowest BCUT2D eigenvalue weighted by Gasteiger charge is -2.34. The molecule has 0 bridgehead atoms. The summed E-state index contributed by atoms with van der Waals surface area (Å²) >= 11 is 0. The van der Waals surface area contributed by atoms with Gasteiger partial charge in [0.1, 0.15) is 11.5 Å². The highest BCUT2D eigenvalue weighted by Crippen LogP contribution is 2.34. The Morgan fingerprint density at radius 3 is 1.64 bits per heavy atom. The Balaban J connectivity index is 1.73. The summed E-state index contributed by atoms with van der Waals surface area (Å²) in [6.07, 6.45) is -6.06. The second kappa shape index (κ2) is 9.93. The molecule has 1 aliphatic heterocycles. The van der Waals surface area contributed by atoms with E-state index in [4.69, 9.17) is 9.47 Å². The minimum absolute atomic E-state index is 0.0589. The average Bonchev–Trinajstić information content (AvgIpc) is 2.98. The van der Waals surface area contributed by atoms with Gasteiger partial charge >= 0.3 is 12.4 Å². The fourth-order valence-corrected chi connectivity index (χ4v) is 3.72. The summed E-state index contributed by atoms with van der Waals surface area (Å²) in [6.45, 7) is 0.955. The molecule has 0 unspecified atom stereocenters. The second-order valence-corrected chi connectivity index (χ2v) is 8.15. The molecule has 1 heterocycles. The summed E-state index contributed by atoms with van der Waals surface area (Å²) < 4.78 is 88.2. The lowest BCUT2D eigenvalue weighted by Crippen LogP contribution is -2.44. The standard InChI is InChI=1S/C23H23F6NO3/c24-22(25,26)17-3-7-19(8-4-17)32-14-21(11-1-2-12-30(13-21)16-31)15-33-20-9-5-18(6-10-20)23(27,28)29/h3-10,16H,1-2,11-15H2. The van der Waals surface area contributed by atoms with Crippen molar-refractivity contribution in [3.63, 3.8) is 0 Å². The Morgan fingerprint density at radius 2 is 1.24 bits per heavy atom. The zero-order chi connectivity index (χ0) is 24.1. The molecule has 0 spiro atoms. The smallest absolute Gasteiger partial charge is 0.416 e. The number of amides is 1. The number of carbonyl (C=O) groups excluding carboxylic acids is 1. The third kappa shape index (κ3) is 6.79. The maximum absolute atomic E-state index is 12.8. The molecule has 180 valence electrons. The van der Waals surface area contributed by atoms with Crippen molar-refractivity contribution in [3.8, 4) is 11.5 Å². The highest BCUT2D eigenvalue weighted by molar-refractivity contribution is 5.47. The van der Waals surface area contributed by atoms with Crippen molar-refractivity contribution in [1.82, 2.24) is 4.90 Å². The predicted molar refractivity (Wildman–Crippen MR) is 108 cm³/mol. The molecule has 1 aliphatic rings. The molecule has 10 heteroatoms. The van der Waals surface area contributed by atoms with E-state index < -0.39 is 28.9 Å². The first-order chi connectivity index (χ1) is 15.5. The molecule has 0 saturated carbocycles. The number of halogens is 6. The van der Waals surface area contributed by atoms with Crippen LogP contribution in [0.4, 0.5) is 26.3 Å². The number of hydrogen-bond acceptors (Lipinski definition) is 3. The summed E-state index contributed by atoms with van der Waals surface area (Å²) in [5.74, 6) is 0.470. The van der Waals surface area contributed by atoms with Crippen LogP contribution in [0.1, 0.15) is 30.4 Å². The van der Waals surface area contributed by atoms with Gasteiger partial charge in [0.2, 0.25) is 6.41 Å². The van der Waals surface area contributed by atoms with E-state index in [1.165, 1.54) is 24.3 Å². The molecule has 0 aromatic heterocycles. The number of alkyl halides is 6. The van der Waals surface area contributed by atoms with E-state index in [1.54, 1.807) is 4.90 Å². The summed E-state index contributed by atoms with van der Waals surface area (Å²) in [4.78, 5) is 13.0. The van der Waals surface area contributed by atoms with Crippen LogP contribution < -0.4 is 9.47 Å². The molecule has 2 aromatic rings. The SMILES string of the molecule is O=CN1CCCCC(COc2ccc(C(F)(F)F)cc2)(COc2ccc(C(F)(F)F)cc2)C1. The van der Waals surface area contributed by atoms with E-state index in [-0.39, 0.29) is 31.3 Å². The van der Waals surface area contributed by atoms with E-state index in [0.29, 0.717) is 13.0 Å². The Bertz CT molecular complexity index is 848. The number of ether oxygens (including phenoxy) is 2. The van der Waals surface area contributed by atoms with Crippen molar-refractivity contribution in [2.24, 2.45) is 5.41 Å². The summed E-state index contributed by atoms with van der Waals surface area (Å²) in [5.41, 5.74) is -2.28. The van der Waals surface area contributed by atoms with E-state index in [1.807, 2.05) is 0 Å². The molecule has 3 rings (SSSR count). The molecule has 0 N–H and O–H groups in total. The van der Waals surface area contributed by atoms with Crippen molar-refractivity contribution in [1.29, 1.82) is 0 Å². The minimum atomic E-state index is -4.46. The van der Waals surface area contributed by atoms with Crippen molar-refractivity contribution < 1.29 is 40.6 Å². The largest absolute Gasteiger partial charge is 0.493 e. The number of carbonyl (C=O) groups is 1. The molecular formula is C23H23F6NO3. The Hall–Kier alpha value is -2.91. The van der Waals surface area contributed by atoms with Gasteiger partial charge < -0.3 is 14.4 Å². The summed E-state index contributed by atoms with van der Waals surface area (Å²) in [5, 5.41) is 0. The van der Waals surface area contributed by atoms with Crippen LogP contribution in [0.3, 0.4) is 0 Å². The van der Waals surface area contributed by atoms with Gasteiger partial charge in [-0.1, -0.05) is 6.42 Å². The highest BCUT2D eigenvalue weighted by atomic mass is 19.4. The van der Waals surface area contributed by atoms with Crippen LogP contribution in [0.2, 0.25) is 0 Å². The molecule has 1 saturated heterocycles. The van der Waals surface area contributed by atoms with Crippen molar-refractivity contribution in [2.75, 3.05) is 26.3 Å². The quantitative estimate of drug-likeness (QED) is 0.375. The van der Waals surface area contributed by atoms with Crippen LogP contribution in [0.15, 0.2) is 48.5 Å². The number of benzene rings is 2. The van der Waals surface area contributed by atoms with E-state index in [2.05, 4.69) is 0 Å². The number of rotatable bonds is 7. The van der Waals surface area contributed by atoms with Crippen LogP contribution in [0, 0.1) is 5.41 Å². The van der Waals surface area contributed by atoms with Gasteiger partial charge in [0.15, 0.2) is 0 Å². The fraction of sp³-hybridized carbons (Fsp3) is 0.435. The zero-order valence-electron chi connectivity index (χ0n) is 17.6. The van der Waals surface area contributed by atoms with Gasteiger partial charge in [0.25, 0.3) is 0 Å². The van der Waals surface area contributed by atoms with Crippen LogP contribution in [0.25, 0.3) is 0 Å². The number of likely N-dealkylation sites (tertiary alicyclic amines) is 1. The zero-order valence-corrected chi connectivity index (χ0v) is 17.6. The third-order valence-corrected chi connectivity index (χ3v) is 5.54. The molecule has 33 heavy (non-hydrogen) atoms. The number of nitrogens with zero attached hydrogens (tertiary/aromatic N) is 1. The van der Waals surface area contributed by atoms with Gasteiger partial charge in [0, 0.05) is 13.1 Å². The van der Waals surface area contributed by atoms with Crippen LogP contribution in [0.5, 0.6) is 11.5 Å². The maximum Gasteiger partial charge on any atom is 0.416 e. The van der Waals surface area contributed by atoms with E-state index in [0.717, 1.165) is 43.5 Å². The molecular weight excluding hydrogens is 452 g/mol. The lowest BCUT2D eigenvalue weighted by atomic mass is 9.84. The normalized spacial score (nSPS) is 16.7. The first kappa shape index (κ1) is 24.7. The van der Waals surface area contributed by atoms with Crippen molar-refractivity contribution in [3.05, 3.63) is 59.7 Å². The first-order valence-corrected chi connectivity index (χ1v) is 10.3. The third-order valence-electron chi connectivity index (χ3n) is 5.54.